The minimum atomic E-state index is 0.0495. The molecule has 2 aromatic carbocycles. The van der Waals surface area contributed by atoms with Crippen LogP contribution in [0.5, 0.6) is 0 Å². The maximum atomic E-state index is 12.2. The zero-order valence-corrected chi connectivity index (χ0v) is 12.6. The van der Waals surface area contributed by atoms with E-state index in [0.717, 1.165) is 17.1 Å². The Morgan fingerprint density at radius 3 is 2.82 bits per heavy atom. The molecule has 1 atom stereocenters. The summed E-state index contributed by atoms with van der Waals surface area (Å²) < 4.78 is 1.76. The SMILES string of the molecule is Cc1nn(C)c2c1C(c1cccc3ccccc13)CC(=O)N2. The molecule has 1 unspecified atom stereocenters. The second kappa shape index (κ2) is 4.70. The number of nitrogens with one attached hydrogen (secondary N) is 1. The lowest BCUT2D eigenvalue weighted by atomic mass is 9.83. The number of aromatic nitrogens is 2. The maximum absolute atomic E-state index is 12.2. The fraction of sp³-hybridized carbons (Fsp3) is 0.222. The average molecular weight is 291 g/mol. The second-order valence-corrected chi connectivity index (χ2v) is 5.84. The molecule has 110 valence electrons. The number of anilines is 1. The molecule has 0 aliphatic carbocycles. The summed E-state index contributed by atoms with van der Waals surface area (Å²) in [5.74, 6) is 0.934. The van der Waals surface area contributed by atoms with Crippen molar-refractivity contribution in [2.45, 2.75) is 19.3 Å². The summed E-state index contributed by atoms with van der Waals surface area (Å²) >= 11 is 0. The fourth-order valence-electron chi connectivity index (χ4n) is 3.53. The quantitative estimate of drug-likeness (QED) is 0.747. The number of fused-ring (bicyclic) bond motifs is 2. The maximum Gasteiger partial charge on any atom is 0.226 e. The first kappa shape index (κ1) is 13.1. The number of amides is 1. The lowest BCUT2D eigenvalue weighted by Crippen LogP contribution is -2.24. The van der Waals surface area contributed by atoms with E-state index in [0.29, 0.717) is 6.42 Å². The number of hydrogen-bond donors (Lipinski definition) is 1. The number of nitrogens with zero attached hydrogens (tertiary/aromatic N) is 2. The molecular weight excluding hydrogens is 274 g/mol. The van der Waals surface area contributed by atoms with Crippen LogP contribution in [0.3, 0.4) is 0 Å². The molecule has 1 aromatic heterocycles. The van der Waals surface area contributed by atoms with Crippen molar-refractivity contribution in [3.63, 3.8) is 0 Å². The molecule has 0 saturated carbocycles. The number of benzene rings is 2. The van der Waals surface area contributed by atoms with Gasteiger partial charge in [-0.05, 0) is 23.3 Å². The third kappa shape index (κ3) is 1.84. The van der Waals surface area contributed by atoms with E-state index in [9.17, 15) is 4.79 Å². The molecule has 0 saturated heterocycles. The molecule has 22 heavy (non-hydrogen) atoms. The van der Waals surface area contributed by atoms with E-state index >= 15 is 0 Å². The van der Waals surface area contributed by atoms with Crippen molar-refractivity contribution in [2.75, 3.05) is 5.32 Å². The number of aryl methyl sites for hydroxylation is 2. The number of hydrogen-bond acceptors (Lipinski definition) is 2. The van der Waals surface area contributed by atoms with E-state index in [-0.39, 0.29) is 11.8 Å². The van der Waals surface area contributed by atoms with Gasteiger partial charge in [0.1, 0.15) is 5.82 Å². The average Bonchev–Trinajstić information content (AvgIpc) is 2.80. The Bertz CT molecular complexity index is 889. The predicted molar refractivity (Wildman–Crippen MR) is 87.0 cm³/mol. The van der Waals surface area contributed by atoms with E-state index in [1.54, 1.807) is 4.68 Å². The highest BCUT2D eigenvalue weighted by atomic mass is 16.1. The Labute approximate surface area is 128 Å². The molecule has 0 bridgehead atoms. The Hall–Kier alpha value is -2.62. The predicted octanol–water partition coefficient (Wildman–Crippen LogP) is 3.36. The van der Waals surface area contributed by atoms with Crippen LogP contribution in [-0.4, -0.2) is 15.7 Å². The van der Waals surface area contributed by atoms with Gasteiger partial charge in [0.25, 0.3) is 0 Å². The molecule has 0 spiro atoms. The van der Waals surface area contributed by atoms with Crippen LogP contribution in [0, 0.1) is 6.92 Å². The van der Waals surface area contributed by atoms with E-state index < -0.39 is 0 Å². The monoisotopic (exact) mass is 291 g/mol. The summed E-state index contributed by atoms with van der Waals surface area (Å²) in [6.45, 7) is 2.01. The standard InChI is InChI=1S/C18H17N3O/c1-11-17-15(10-16(22)19-18(17)21(2)20-11)14-9-5-7-12-6-3-4-8-13(12)14/h3-9,15H,10H2,1-2H3,(H,19,22). The van der Waals surface area contributed by atoms with Gasteiger partial charge in [0.15, 0.2) is 0 Å². The highest BCUT2D eigenvalue weighted by Gasteiger charge is 2.32. The molecule has 1 amide bonds. The molecule has 2 heterocycles. The second-order valence-electron chi connectivity index (χ2n) is 5.84. The van der Waals surface area contributed by atoms with Gasteiger partial charge in [-0.25, -0.2) is 0 Å². The van der Waals surface area contributed by atoms with Gasteiger partial charge in [0, 0.05) is 24.9 Å². The lowest BCUT2D eigenvalue weighted by molar-refractivity contribution is -0.116. The van der Waals surface area contributed by atoms with Crippen LogP contribution < -0.4 is 5.32 Å². The molecule has 4 heteroatoms. The zero-order chi connectivity index (χ0) is 15.3. The van der Waals surface area contributed by atoms with Crippen molar-refractivity contribution in [3.8, 4) is 0 Å². The first-order valence-electron chi connectivity index (χ1n) is 7.46. The largest absolute Gasteiger partial charge is 0.311 e. The molecule has 0 radical (unpaired) electrons. The van der Waals surface area contributed by atoms with Crippen LogP contribution in [0.25, 0.3) is 10.8 Å². The van der Waals surface area contributed by atoms with Crippen molar-refractivity contribution in [1.29, 1.82) is 0 Å². The van der Waals surface area contributed by atoms with Crippen molar-refractivity contribution in [3.05, 3.63) is 59.3 Å². The molecule has 4 nitrogen and oxygen atoms in total. The molecule has 3 aromatic rings. The number of carbonyl (C=O) groups excluding carboxylic acids is 1. The highest BCUT2D eigenvalue weighted by Crippen LogP contribution is 2.41. The van der Waals surface area contributed by atoms with E-state index in [2.05, 4.69) is 40.7 Å². The third-order valence-corrected chi connectivity index (χ3v) is 4.46. The summed E-state index contributed by atoms with van der Waals surface area (Å²) in [5, 5.41) is 9.85. The lowest BCUT2D eigenvalue weighted by Gasteiger charge is -2.25. The summed E-state index contributed by atoms with van der Waals surface area (Å²) in [4.78, 5) is 12.2. The molecular formula is C18H17N3O. The van der Waals surface area contributed by atoms with E-state index in [1.165, 1.54) is 16.3 Å². The minimum absolute atomic E-state index is 0.0495. The van der Waals surface area contributed by atoms with Crippen LogP contribution in [0.2, 0.25) is 0 Å². The topological polar surface area (TPSA) is 46.9 Å². The molecule has 4 rings (SSSR count). The summed E-state index contributed by atoms with van der Waals surface area (Å²) in [7, 11) is 1.87. The summed E-state index contributed by atoms with van der Waals surface area (Å²) in [6.07, 6.45) is 0.466. The summed E-state index contributed by atoms with van der Waals surface area (Å²) in [5.41, 5.74) is 3.32. The zero-order valence-electron chi connectivity index (χ0n) is 12.6. The Balaban J connectivity index is 1.98. The van der Waals surface area contributed by atoms with Gasteiger partial charge >= 0.3 is 0 Å². The fourth-order valence-corrected chi connectivity index (χ4v) is 3.53. The van der Waals surface area contributed by atoms with Gasteiger partial charge < -0.3 is 5.32 Å². The van der Waals surface area contributed by atoms with Gasteiger partial charge in [-0.15, -0.1) is 0 Å². The number of carbonyl (C=O) groups is 1. The minimum Gasteiger partial charge on any atom is -0.311 e. The first-order chi connectivity index (χ1) is 10.6. The Morgan fingerprint density at radius 1 is 1.18 bits per heavy atom. The first-order valence-corrected chi connectivity index (χ1v) is 7.46. The van der Waals surface area contributed by atoms with Gasteiger partial charge in [-0.1, -0.05) is 42.5 Å². The van der Waals surface area contributed by atoms with Crippen LogP contribution in [0.15, 0.2) is 42.5 Å². The molecule has 1 N–H and O–H groups in total. The van der Waals surface area contributed by atoms with Crippen LogP contribution in [0.4, 0.5) is 5.82 Å². The van der Waals surface area contributed by atoms with E-state index in [1.807, 2.05) is 26.1 Å². The van der Waals surface area contributed by atoms with Crippen molar-refractivity contribution in [2.24, 2.45) is 7.05 Å². The van der Waals surface area contributed by atoms with Gasteiger partial charge in [-0.3, -0.25) is 9.48 Å². The summed E-state index contributed by atoms with van der Waals surface area (Å²) in [6, 6.07) is 14.6. The molecule has 1 aliphatic rings. The van der Waals surface area contributed by atoms with Gasteiger partial charge in [-0.2, -0.15) is 5.10 Å². The Kier molecular flexibility index (Phi) is 2.79. The van der Waals surface area contributed by atoms with Gasteiger partial charge in [0.05, 0.1) is 5.69 Å². The number of rotatable bonds is 1. The molecule has 0 fully saturated rings. The third-order valence-electron chi connectivity index (χ3n) is 4.46. The van der Waals surface area contributed by atoms with Crippen LogP contribution in [-0.2, 0) is 11.8 Å². The van der Waals surface area contributed by atoms with E-state index in [4.69, 9.17) is 0 Å². The Morgan fingerprint density at radius 2 is 1.95 bits per heavy atom. The smallest absolute Gasteiger partial charge is 0.226 e. The van der Waals surface area contributed by atoms with Crippen molar-refractivity contribution >= 4 is 22.5 Å². The van der Waals surface area contributed by atoms with Crippen LogP contribution in [0.1, 0.15) is 29.2 Å². The highest BCUT2D eigenvalue weighted by molar-refractivity contribution is 5.96. The molecule has 1 aliphatic heterocycles. The van der Waals surface area contributed by atoms with Crippen LogP contribution >= 0.6 is 0 Å². The van der Waals surface area contributed by atoms with Gasteiger partial charge in [0.2, 0.25) is 5.91 Å². The van der Waals surface area contributed by atoms with Crippen molar-refractivity contribution < 1.29 is 4.79 Å². The van der Waals surface area contributed by atoms with Crippen molar-refractivity contribution in [1.82, 2.24) is 9.78 Å². The normalized spacial score (nSPS) is 17.4.